The predicted octanol–water partition coefficient (Wildman–Crippen LogP) is 1.85. The summed E-state index contributed by atoms with van der Waals surface area (Å²) in [6, 6.07) is 11.8. The fourth-order valence-corrected chi connectivity index (χ4v) is 2.20. The van der Waals surface area contributed by atoms with Crippen LogP contribution in [0.3, 0.4) is 0 Å². The third-order valence-electron chi connectivity index (χ3n) is 3.37. The molecule has 0 amide bonds. The number of likely N-dealkylation sites (N-methyl/N-ethyl adjacent to an activating group) is 1. The summed E-state index contributed by atoms with van der Waals surface area (Å²) in [5.41, 5.74) is 8.80. The average molecular weight is 284 g/mol. The molecule has 0 unspecified atom stereocenters. The second-order valence-electron chi connectivity index (χ2n) is 4.99. The maximum absolute atomic E-state index is 8.84. The fraction of sp³-hybridized carbons (Fsp3) is 0.250. The van der Waals surface area contributed by atoms with Crippen molar-refractivity contribution in [3.8, 4) is 0 Å². The van der Waals surface area contributed by atoms with Gasteiger partial charge in [-0.3, -0.25) is 4.98 Å². The minimum Gasteiger partial charge on any atom is -0.409 e. The Morgan fingerprint density at radius 3 is 2.67 bits per heavy atom. The highest BCUT2D eigenvalue weighted by Crippen LogP contribution is 2.11. The summed E-state index contributed by atoms with van der Waals surface area (Å²) < 4.78 is 0. The van der Waals surface area contributed by atoms with Gasteiger partial charge in [-0.15, -0.1) is 0 Å². The number of amidine groups is 1. The smallest absolute Gasteiger partial charge is 0.170 e. The van der Waals surface area contributed by atoms with Crippen molar-refractivity contribution in [2.24, 2.45) is 10.9 Å². The zero-order chi connectivity index (χ0) is 15.1. The van der Waals surface area contributed by atoms with E-state index in [0.29, 0.717) is 0 Å². The van der Waals surface area contributed by atoms with Crippen molar-refractivity contribution in [1.29, 1.82) is 0 Å². The molecule has 0 saturated heterocycles. The van der Waals surface area contributed by atoms with Crippen molar-refractivity contribution in [2.45, 2.75) is 13.0 Å². The Labute approximate surface area is 124 Å². The molecular formula is C16H20N4O. The fourth-order valence-electron chi connectivity index (χ4n) is 2.20. The first kappa shape index (κ1) is 15.0. The molecule has 2 rings (SSSR count). The zero-order valence-electron chi connectivity index (χ0n) is 12.1. The maximum Gasteiger partial charge on any atom is 0.170 e. The molecule has 0 spiro atoms. The van der Waals surface area contributed by atoms with E-state index < -0.39 is 0 Å². The summed E-state index contributed by atoms with van der Waals surface area (Å²) in [4.78, 5) is 6.23. The second kappa shape index (κ2) is 7.40. The van der Waals surface area contributed by atoms with Crippen LogP contribution >= 0.6 is 0 Å². The molecule has 0 saturated carbocycles. The lowest BCUT2D eigenvalue weighted by atomic mass is 10.1. The van der Waals surface area contributed by atoms with Crippen LogP contribution in [0.15, 0.2) is 53.9 Å². The van der Waals surface area contributed by atoms with E-state index in [-0.39, 0.29) is 5.84 Å². The van der Waals surface area contributed by atoms with Crippen molar-refractivity contribution in [2.75, 3.05) is 13.6 Å². The first-order chi connectivity index (χ1) is 10.2. The number of benzene rings is 1. The molecule has 0 aliphatic carbocycles. The van der Waals surface area contributed by atoms with Crippen LogP contribution in [-0.4, -0.2) is 34.5 Å². The van der Waals surface area contributed by atoms with Crippen LogP contribution in [0.25, 0.3) is 0 Å². The average Bonchev–Trinajstić information content (AvgIpc) is 2.54. The minimum absolute atomic E-state index is 0.146. The molecular weight excluding hydrogens is 264 g/mol. The van der Waals surface area contributed by atoms with Crippen LogP contribution in [0.1, 0.15) is 16.7 Å². The van der Waals surface area contributed by atoms with Crippen LogP contribution in [0.5, 0.6) is 0 Å². The van der Waals surface area contributed by atoms with Crippen molar-refractivity contribution in [3.05, 3.63) is 65.5 Å². The lowest BCUT2D eigenvalue weighted by Gasteiger charge is -2.18. The van der Waals surface area contributed by atoms with E-state index in [2.05, 4.69) is 22.1 Å². The van der Waals surface area contributed by atoms with Gasteiger partial charge in [0, 0.05) is 31.0 Å². The number of nitrogens with two attached hydrogens (primary N) is 1. The number of hydrogen-bond acceptors (Lipinski definition) is 4. The predicted molar refractivity (Wildman–Crippen MR) is 83.2 cm³/mol. The maximum atomic E-state index is 8.84. The molecule has 5 heteroatoms. The summed E-state index contributed by atoms with van der Waals surface area (Å²) in [5.74, 6) is 0.146. The summed E-state index contributed by atoms with van der Waals surface area (Å²) in [5, 5.41) is 11.9. The third-order valence-corrected chi connectivity index (χ3v) is 3.37. The Kier molecular flexibility index (Phi) is 5.29. The normalized spacial score (nSPS) is 11.8. The van der Waals surface area contributed by atoms with E-state index in [9.17, 15) is 0 Å². The van der Waals surface area contributed by atoms with Crippen LogP contribution in [0.4, 0.5) is 0 Å². The molecule has 0 aliphatic heterocycles. The molecule has 1 aromatic carbocycles. The van der Waals surface area contributed by atoms with Gasteiger partial charge in [-0.05, 0) is 36.7 Å². The van der Waals surface area contributed by atoms with Gasteiger partial charge in [-0.25, -0.2) is 0 Å². The SMILES string of the molecule is CN(CCc1ccncc1)Cc1ccccc1C(N)=NO. The lowest BCUT2D eigenvalue weighted by Crippen LogP contribution is -2.23. The van der Waals surface area contributed by atoms with Gasteiger partial charge in [-0.1, -0.05) is 29.4 Å². The highest BCUT2D eigenvalue weighted by atomic mass is 16.4. The molecule has 0 fully saturated rings. The molecule has 2 aromatic rings. The number of rotatable bonds is 6. The Morgan fingerprint density at radius 1 is 1.24 bits per heavy atom. The van der Waals surface area contributed by atoms with Gasteiger partial charge >= 0.3 is 0 Å². The van der Waals surface area contributed by atoms with Crippen molar-refractivity contribution >= 4 is 5.84 Å². The Bertz CT molecular complexity index is 598. The number of aromatic nitrogens is 1. The molecule has 21 heavy (non-hydrogen) atoms. The molecule has 0 radical (unpaired) electrons. The van der Waals surface area contributed by atoms with E-state index in [1.54, 1.807) is 0 Å². The molecule has 0 bridgehead atoms. The van der Waals surface area contributed by atoms with Crippen LogP contribution in [-0.2, 0) is 13.0 Å². The molecule has 1 aromatic heterocycles. The topological polar surface area (TPSA) is 74.7 Å². The lowest BCUT2D eigenvalue weighted by molar-refractivity contribution is 0.317. The number of hydrogen-bond donors (Lipinski definition) is 2. The Balaban J connectivity index is 1.98. The quantitative estimate of drug-likeness (QED) is 0.367. The second-order valence-corrected chi connectivity index (χ2v) is 4.99. The van der Waals surface area contributed by atoms with Crippen LogP contribution in [0.2, 0.25) is 0 Å². The highest BCUT2D eigenvalue weighted by Gasteiger charge is 2.08. The minimum atomic E-state index is 0.146. The largest absolute Gasteiger partial charge is 0.409 e. The van der Waals surface area contributed by atoms with Gasteiger partial charge in [0.25, 0.3) is 0 Å². The van der Waals surface area contributed by atoms with Crippen molar-refractivity contribution in [1.82, 2.24) is 9.88 Å². The standard InChI is InChI=1S/C16H20N4O/c1-20(11-8-13-6-9-18-10-7-13)12-14-4-2-3-5-15(14)16(17)19-21/h2-7,9-10,21H,8,11-12H2,1H3,(H2,17,19). The number of oxime groups is 1. The van der Waals surface area contributed by atoms with E-state index in [1.807, 2.05) is 48.8 Å². The molecule has 110 valence electrons. The van der Waals surface area contributed by atoms with E-state index in [0.717, 1.165) is 30.6 Å². The van der Waals surface area contributed by atoms with Gasteiger partial charge in [0.15, 0.2) is 5.84 Å². The van der Waals surface area contributed by atoms with Crippen molar-refractivity contribution in [3.63, 3.8) is 0 Å². The van der Waals surface area contributed by atoms with Gasteiger partial charge in [0.05, 0.1) is 0 Å². The van der Waals surface area contributed by atoms with Crippen LogP contribution < -0.4 is 5.73 Å². The molecule has 1 heterocycles. The first-order valence-electron chi connectivity index (χ1n) is 6.84. The highest BCUT2D eigenvalue weighted by molar-refractivity contribution is 5.98. The van der Waals surface area contributed by atoms with E-state index in [1.165, 1.54) is 5.56 Å². The zero-order valence-corrected chi connectivity index (χ0v) is 12.1. The van der Waals surface area contributed by atoms with Gasteiger partial charge < -0.3 is 15.8 Å². The molecule has 0 aliphatic rings. The molecule has 3 N–H and O–H groups in total. The summed E-state index contributed by atoms with van der Waals surface area (Å²) in [6.45, 7) is 1.67. The number of pyridine rings is 1. The van der Waals surface area contributed by atoms with Crippen molar-refractivity contribution < 1.29 is 5.21 Å². The first-order valence-corrected chi connectivity index (χ1v) is 6.84. The summed E-state index contributed by atoms with van der Waals surface area (Å²) in [6.07, 6.45) is 4.58. The summed E-state index contributed by atoms with van der Waals surface area (Å²) >= 11 is 0. The Hall–Kier alpha value is -2.40. The van der Waals surface area contributed by atoms with Crippen LogP contribution in [0, 0.1) is 0 Å². The summed E-state index contributed by atoms with van der Waals surface area (Å²) in [7, 11) is 2.06. The Morgan fingerprint density at radius 2 is 1.95 bits per heavy atom. The number of nitrogens with zero attached hydrogens (tertiary/aromatic N) is 3. The third kappa shape index (κ3) is 4.29. The van der Waals surface area contributed by atoms with Gasteiger partial charge in [0.2, 0.25) is 0 Å². The van der Waals surface area contributed by atoms with Gasteiger partial charge in [0.1, 0.15) is 0 Å². The monoisotopic (exact) mass is 284 g/mol. The molecule has 0 atom stereocenters. The van der Waals surface area contributed by atoms with E-state index >= 15 is 0 Å². The van der Waals surface area contributed by atoms with Gasteiger partial charge in [-0.2, -0.15) is 0 Å². The molecule has 5 nitrogen and oxygen atoms in total. The van der Waals surface area contributed by atoms with E-state index in [4.69, 9.17) is 10.9 Å².